The van der Waals surface area contributed by atoms with Crippen LogP contribution in [0.5, 0.6) is 0 Å². The number of nitrogens with one attached hydrogen (secondary N) is 1. The quantitative estimate of drug-likeness (QED) is 0.792. The topological polar surface area (TPSA) is 32.3 Å². The maximum absolute atomic E-state index is 12.0. The predicted octanol–water partition coefficient (Wildman–Crippen LogP) is 2.87. The van der Waals surface area contributed by atoms with E-state index in [0.717, 1.165) is 25.1 Å². The largest absolute Gasteiger partial charge is 0.314 e. The van der Waals surface area contributed by atoms with Gasteiger partial charge in [0.15, 0.2) is 0 Å². The van der Waals surface area contributed by atoms with Crippen molar-refractivity contribution in [3.63, 3.8) is 0 Å². The first-order valence-corrected chi connectivity index (χ1v) is 7.33. The minimum atomic E-state index is 0.0842. The maximum Gasteiger partial charge on any atom is 0.240 e. The number of nitrogens with zero attached hydrogens (tertiary/aromatic N) is 1. The number of aryl methyl sites for hydroxylation is 1. The number of hydrogen-bond acceptors (Lipinski definition) is 2. The van der Waals surface area contributed by atoms with Crippen molar-refractivity contribution >= 4 is 11.6 Å². The van der Waals surface area contributed by atoms with Crippen LogP contribution in [0, 0.1) is 0 Å². The van der Waals surface area contributed by atoms with Gasteiger partial charge in [-0.05, 0) is 37.1 Å². The molecule has 0 aliphatic carbocycles. The minimum Gasteiger partial charge on any atom is -0.314 e. The van der Waals surface area contributed by atoms with Crippen LogP contribution in [0.25, 0.3) is 0 Å². The number of anilines is 1. The van der Waals surface area contributed by atoms with E-state index in [1.807, 2.05) is 43.4 Å². The molecule has 0 aliphatic rings. The highest BCUT2D eigenvalue weighted by molar-refractivity contribution is 5.94. The number of hydrogen-bond donors (Lipinski definition) is 1. The Morgan fingerprint density at radius 3 is 2.29 bits per heavy atom. The Kier molecular flexibility index (Phi) is 5.98. The summed E-state index contributed by atoms with van der Waals surface area (Å²) in [6.07, 6.45) is 2.07. The van der Waals surface area contributed by atoms with Crippen LogP contribution in [0.4, 0.5) is 5.69 Å². The highest BCUT2D eigenvalue weighted by atomic mass is 16.2. The lowest BCUT2D eigenvalue weighted by molar-refractivity contribution is -0.117. The first kappa shape index (κ1) is 15.3. The second kappa shape index (κ2) is 8.22. The van der Waals surface area contributed by atoms with Crippen molar-refractivity contribution in [3.8, 4) is 0 Å². The molecule has 110 valence electrons. The van der Waals surface area contributed by atoms with Gasteiger partial charge in [0.25, 0.3) is 0 Å². The van der Waals surface area contributed by atoms with Crippen LogP contribution in [-0.4, -0.2) is 26.0 Å². The number of para-hydroxylation sites is 1. The molecule has 0 unspecified atom stereocenters. The normalized spacial score (nSPS) is 10.3. The molecule has 0 radical (unpaired) electrons. The number of carbonyl (C=O) groups excluding carboxylic acids is 1. The van der Waals surface area contributed by atoms with Gasteiger partial charge in [0.05, 0.1) is 6.54 Å². The lowest BCUT2D eigenvalue weighted by Crippen LogP contribution is -2.35. The van der Waals surface area contributed by atoms with E-state index < -0.39 is 0 Å². The van der Waals surface area contributed by atoms with Gasteiger partial charge >= 0.3 is 0 Å². The molecule has 2 aromatic rings. The van der Waals surface area contributed by atoms with Crippen LogP contribution in [-0.2, 0) is 11.2 Å². The molecule has 0 atom stereocenters. The fraction of sp³-hybridized carbons (Fsp3) is 0.278. The maximum atomic E-state index is 12.0. The zero-order chi connectivity index (χ0) is 14.9. The minimum absolute atomic E-state index is 0.0842. The fourth-order valence-electron chi connectivity index (χ4n) is 2.17. The van der Waals surface area contributed by atoms with Crippen LogP contribution in [0.15, 0.2) is 60.7 Å². The second-order valence-electron chi connectivity index (χ2n) is 5.05. The molecule has 1 N–H and O–H groups in total. The summed E-state index contributed by atoms with van der Waals surface area (Å²) < 4.78 is 0. The number of amides is 1. The first-order chi connectivity index (χ1) is 10.3. The first-order valence-electron chi connectivity index (χ1n) is 7.33. The van der Waals surface area contributed by atoms with E-state index >= 15 is 0 Å². The Balaban J connectivity index is 1.65. The van der Waals surface area contributed by atoms with E-state index in [4.69, 9.17) is 0 Å². The molecule has 0 heterocycles. The molecular weight excluding hydrogens is 260 g/mol. The Morgan fingerprint density at radius 2 is 1.62 bits per heavy atom. The number of likely N-dealkylation sites (N-methyl/N-ethyl adjacent to an activating group) is 1. The van der Waals surface area contributed by atoms with E-state index in [1.165, 1.54) is 5.56 Å². The zero-order valence-corrected chi connectivity index (χ0v) is 12.5. The van der Waals surface area contributed by atoms with Crippen LogP contribution < -0.4 is 10.2 Å². The summed E-state index contributed by atoms with van der Waals surface area (Å²) in [6.45, 7) is 1.23. The summed E-state index contributed by atoms with van der Waals surface area (Å²) in [6, 6.07) is 20.1. The highest BCUT2D eigenvalue weighted by Gasteiger charge is 2.09. The monoisotopic (exact) mass is 282 g/mol. The molecule has 0 bridgehead atoms. The van der Waals surface area contributed by atoms with Gasteiger partial charge in [0.2, 0.25) is 5.91 Å². The molecule has 3 nitrogen and oxygen atoms in total. The number of benzene rings is 2. The average Bonchev–Trinajstić information content (AvgIpc) is 2.55. The van der Waals surface area contributed by atoms with Crippen molar-refractivity contribution in [2.75, 3.05) is 25.0 Å². The Hall–Kier alpha value is -2.13. The molecule has 0 saturated heterocycles. The molecule has 0 spiro atoms. The number of rotatable bonds is 7. The molecule has 0 fully saturated rings. The van der Waals surface area contributed by atoms with Gasteiger partial charge in [-0.3, -0.25) is 4.79 Å². The van der Waals surface area contributed by atoms with Gasteiger partial charge in [-0.1, -0.05) is 48.5 Å². The molecule has 0 aliphatic heterocycles. The van der Waals surface area contributed by atoms with E-state index in [9.17, 15) is 4.79 Å². The SMILES string of the molecule is CN(C(=O)CNCCCc1ccccc1)c1ccccc1. The summed E-state index contributed by atoms with van der Waals surface area (Å²) in [7, 11) is 1.81. The molecular formula is C18H22N2O. The van der Waals surface area contributed by atoms with E-state index in [2.05, 4.69) is 29.6 Å². The third-order valence-electron chi connectivity index (χ3n) is 3.46. The van der Waals surface area contributed by atoms with Crippen LogP contribution in [0.2, 0.25) is 0 Å². The standard InChI is InChI=1S/C18H22N2O/c1-20(17-12-6-3-7-13-17)18(21)15-19-14-8-11-16-9-4-2-5-10-16/h2-7,9-10,12-13,19H,8,11,14-15H2,1H3. The summed E-state index contributed by atoms with van der Waals surface area (Å²) >= 11 is 0. The Morgan fingerprint density at radius 1 is 1.00 bits per heavy atom. The van der Waals surface area contributed by atoms with Gasteiger partial charge in [-0.2, -0.15) is 0 Å². The summed E-state index contributed by atoms with van der Waals surface area (Å²) in [5.41, 5.74) is 2.26. The lowest BCUT2D eigenvalue weighted by atomic mass is 10.1. The van der Waals surface area contributed by atoms with Gasteiger partial charge in [0.1, 0.15) is 0 Å². The van der Waals surface area contributed by atoms with Gasteiger partial charge < -0.3 is 10.2 Å². The lowest BCUT2D eigenvalue weighted by Gasteiger charge is -2.17. The molecule has 0 aromatic heterocycles. The van der Waals surface area contributed by atoms with Gasteiger partial charge in [-0.25, -0.2) is 0 Å². The molecule has 1 amide bonds. The van der Waals surface area contributed by atoms with Crippen LogP contribution in [0.1, 0.15) is 12.0 Å². The smallest absolute Gasteiger partial charge is 0.240 e. The van der Waals surface area contributed by atoms with E-state index in [1.54, 1.807) is 4.90 Å². The van der Waals surface area contributed by atoms with Crippen LogP contribution in [0.3, 0.4) is 0 Å². The van der Waals surface area contributed by atoms with E-state index in [0.29, 0.717) is 6.54 Å². The third kappa shape index (κ3) is 5.04. The second-order valence-corrected chi connectivity index (χ2v) is 5.05. The van der Waals surface area contributed by atoms with E-state index in [-0.39, 0.29) is 5.91 Å². The summed E-state index contributed by atoms with van der Waals surface area (Å²) in [5, 5.41) is 3.21. The molecule has 0 saturated carbocycles. The van der Waals surface area contributed by atoms with Crippen molar-refractivity contribution in [3.05, 3.63) is 66.2 Å². The van der Waals surface area contributed by atoms with Crippen molar-refractivity contribution in [2.45, 2.75) is 12.8 Å². The van der Waals surface area contributed by atoms with Crippen molar-refractivity contribution < 1.29 is 4.79 Å². The van der Waals surface area contributed by atoms with Crippen molar-refractivity contribution in [1.82, 2.24) is 5.32 Å². The van der Waals surface area contributed by atoms with Crippen molar-refractivity contribution in [2.24, 2.45) is 0 Å². The van der Waals surface area contributed by atoms with Gasteiger partial charge in [-0.15, -0.1) is 0 Å². The Labute approximate surface area is 126 Å². The van der Waals surface area contributed by atoms with Crippen molar-refractivity contribution in [1.29, 1.82) is 0 Å². The average molecular weight is 282 g/mol. The summed E-state index contributed by atoms with van der Waals surface area (Å²) in [4.78, 5) is 13.7. The molecule has 2 aromatic carbocycles. The predicted molar refractivity (Wildman–Crippen MR) is 87.5 cm³/mol. The summed E-state index contributed by atoms with van der Waals surface area (Å²) in [5.74, 6) is 0.0842. The molecule has 21 heavy (non-hydrogen) atoms. The molecule has 2 rings (SSSR count). The van der Waals surface area contributed by atoms with Crippen LogP contribution >= 0.6 is 0 Å². The van der Waals surface area contributed by atoms with Gasteiger partial charge in [0, 0.05) is 12.7 Å². The zero-order valence-electron chi connectivity index (χ0n) is 12.5. The highest BCUT2D eigenvalue weighted by Crippen LogP contribution is 2.10. The Bertz CT molecular complexity index is 540. The third-order valence-corrected chi connectivity index (χ3v) is 3.46. The molecule has 3 heteroatoms. The number of carbonyl (C=O) groups is 1. The fourth-order valence-corrected chi connectivity index (χ4v) is 2.17.